The molecule has 1 atom stereocenters. The van der Waals surface area contributed by atoms with E-state index in [9.17, 15) is 8.78 Å². The fourth-order valence-corrected chi connectivity index (χ4v) is 2.24. The van der Waals surface area contributed by atoms with Gasteiger partial charge in [0.2, 0.25) is 0 Å². The molecule has 0 aliphatic heterocycles. The molecular formula is C16H23F2N. The van der Waals surface area contributed by atoms with Crippen molar-refractivity contribution < 1.29 is 8.78 Å². The lowest BCUT2D eigenvalue weighted by atomic mass is 9.74. The minimum Gasteiger partial charge on any atom is -0.313 e. The van der Waals surface area contributed by atoms with Crippen LogP contribution in [0.15, 0.2) is 18.2 Å². The van der Waals surface area contributed by atoms with E-state index in [4.69, 9.17) is 0 Å². The molecular weight excluding hydrogens is 244 g/mol. The van der Waals surface area contributed by atoms with E-state index in [0.717, 1.165) is 12.6 Å². The molecule has 0 heterocycles. The lowest BCUT2D eigenvalue weighted by molar-refractivity contribution is 0.204. The Labute approximate surface area is 114 Å². The smallest absolute Gasteiger partial charge is 0.129 e. The summed E-state index contributed by atoms with van der Waals surface area (Å²) in [7, 11) is 0. The van der Waals surface area contributed by atoms with Crippen molar-refractivity contribution in [2.24, 2.45) is 11.3 Å². The van der Waals surface area contributed by atoms with Crippen LogP contribution in [0.4, 0.5) is 8.78 Å². The quantitative estimate of drug-likeness (QED) is 0.823. The summed E-state index contributed by atoms with van der Waals surface area (Å²) in [6, 6.07) is 4.54. The zero-order valence-electron chi connectivity index (χ0n) is 12.0. The van der Waals surface area contributed by atoms with E-state index in [1.54, 1.807) is 6.07 Å². The van der Waals surface area contributed by atoms with Gasteiger partial charge in [-0.05, 0) is 42.2 Å². The average Bonchev–Trinajstić information content (AvgIpc) is 3.14. The van der Waals surface area contributed by atoms with Crippen molar-refractivity contribution in [2.45, 2.75) is 46.1 Å². The maximum Gasteiger partial charge on any atom is 0.129 e. The van der Waals surface area contributed by atoms with Gasteiger partial charge in [-0.15, -0.1) is 0 Å². The fraction of sp³-hybridized carbons (Fsp3) is 0.625. The summed E-state index contributed by atoms with van der Waals surface area (Å²) in [5.74, 6) is -0.509. The highest BCUT2D eigenvalue weighted by Crippen LogP contribution is 2.33. The van der Waals surface area contributed by atoms with Gasteiger partial charge in [-0.25, -0.2) is 8.78 Å². The van der Waals surface area contributed by atoms with Crippen LogP contribution in [0.3, 0.4) is 0 Å². The van der Waals surface area contributed by atoms with Crippen molar-refractivity contribution >= 4 is 0 Å². The van der Waals surface area contributed by atoms with Crippen molar-refractivity contribution in [1.82, 2.24) is 5.32 Å². The Morgan fingerprint density at radius 2 is 2.00 bits per heavy atom. The molecule has 1 saturated carbocycles. The van der Waals surface area contributed by atoms with Gasteiger partial charge in [0, 0.05) is 18.7 Å². The maximum atomic E-state index is 13.8. The van der Waals surface area contributed by atoms with Crippen LogP contribution in [0.25, 0.3) is 0 Å². The molecule has 0 radical (unpaired) electrons. The first-order valence-electron chi connectivity index (χ1n) is 7.08. The largest absolute Gasteiger partial charge is 0.313 e. The average molecular weight is 267 g/mol. The van der Waals surface area contributed by atoms with E-state index in [2.05, 4.69) is 26.1 Å². The van der Waals surface area contributed by atoms with E-state index >= 15 is 0 Å². The summed E-state index contributed by atoms with van der Waals surface area (Å²) in [5.41, 5.74) is 0.594. The summed E-state index contributed by atoms with van der Waals surface area (Å²) < 4.78 is 26.7. The SMILES string of the molecule is CC(C)C(C)(CNC1CC1)Cc1ccc(F)cc1F. The third-order valence-electron chi connectivity index (χ3n) is 4.38. The number of nitrogens with one attached hydrogen (secondary N) is 1. The highest BCUT2D eigenvalue weighted by Gasteiger charge is 2.32. The number of rotatable bonds is 6. The molecule has 19 heavy (non-hydrogen) atoms. The van der Waals surface area contributed by atoms with Crippen LogP contribution in [0, 0.1) is 23.0 Å². The molecule has 1 nitrogen and oxygen atoms in total. The topological polar surface area (TPSA) is 12.0 Å². The second-order valence-corrected chi connectivity index (χ2v) is 6.38. The van der Waals surface area contributed by atoms with Crippen molar-refractivity contribution in [2.75, 3.05) is 6.54 Å². The Balaban J connectivity index is 2.09. The predicted octanol–water partition coefficient (Wildman–Crippen LogP) is 3.92. The minimum atomic E-state index is -0.511. The van der Waals surface area contributed by atoms with Gasteiger partial charge in [0.05, 0.1) is 0 Å². The van der Waals surface area contributed by atoms with E-state index < -0.39 is 11.6 Å². The molecule has 0 amide bonds. The summed E-state index contributed by atoms with van der Waals surface area (Å²) in [4.78, 5) is 0. The van der Waals surface area contributed by atoms with Gasteiger partial charge >= 0.3 is 0 Å². The van der Waals surface area contributed by atoms with Crippen molar-refractivity contribution in [3.05, 3.63) is 35.4 Å². The van der Waals surface area contributed by atoms with Gasteiger partial charge in [-0.1, -0.05) is 26.8 Å². The molecule has 1 N–H and O–H groups in total. The standard InChI is InChI=1S/C16H23F2N/c1-11(2)16(3,10-19-14-6-7-14)9-12-4-5-13(17)8-15(12)18/h4-5,8,11,14,19H,6-7,9-10H2,1-3H3. The van der Waals surface area contributed by atoms with Crippen LogP contribution < -0.4 is 5.32 Å². The van der Waals surface area contributed by atoms with Crippen LogP contribution in [-0.4, -0.2) is 12.6 Å². The lowest BCUT2D eigenvalue weighted by Gasteiger charge is -2.34. The molecule has 1 aromatic carbocycles. The Morgan fingerprint density at radius 1 is 1.32 bits per heavy atom. The summed E-state index contributed by atoms with van der Waals surface area (Å²) in [6.07, 6.45) is 3.13. The van der Waals surface area contributed by atoms with E-state index in [1.165, 1.54) is 18.9 Å². The van der Waals surface area contributed by atoms with E-state index in [0.29, 0.717) is 23.9 Å². The normalized spacial score (nSPS) is 18.6. The van der Waals surface area contributed by atoms with E-state index in [-0.39, 0.29) is 5.41 Å². The zero-order chi connectivity index (χ0) is 14.0. The molecule has 0 bridgehead atoms. The molecule has 1 aliphatic rings. The van der Waals surface area contributed by atoms with E-state index in [1.807, 2.05) is 0 Å². The highest BCUT2D eigenvalue weighted by molar-refractivity contribution is 5.20. The predicted molar refractivity (Wildman–Crippen MR) is 74.0 cm³/mol. The van der Waals surface area contributed by atoms with Gasteiger partial charge in [0.15, 0.2) is 0 Å². The van der Waals surface area contributed by atoms with Gasteiger partial charge in [-0.3, -0.25) is 0 Å². The van der Waals surface area contributed by atoms with Gasteiger partial charge in [-0.2, -0.15) is 0 Å². The van der Waals surface area contributed by atoms with Crippen LogP contribution in [0.5, 0.6) is 0 Å². The van der Waals surface area contributed by atoms with Gasteiger partial charge < -0.3 is 5.32 Å². The first kappa shape index (κ1) is 14.4. The molecule has 1 aliphatic carbocycles. The molecule has 1 fully saturated rings. The molecule has 3 heteroatoms. The van der Waals surface area contributed by atoms with Crippen LogP contribution >= 0.6 is 0 Å². The molecule has 0 aromatic heterocycles. The molecule has 106 valence electrons. The van der Waals surface area contributed by atoms with Crippen molar-refractivity contribution in [3.63, 3.8) is 0 Å². The monoisotopic (exact) mass is 267 g/mol. The second-order valence-electron chi connectivity index (χ2n) is 6.38. The lowest BCUT2D eigenvalue weighted by Crippen LogP contribution is -2.39. The Bertz CT molecular complexity index is 440. The van der Waals surface area contributed by atoms with Crippen molar-refractivity contribution in [3.8, 4) is 0 Å². The number of hydrogen-bond acceptors (Lipinski definition) is 1. The van der Waals surface area contributed by atoms with Crippen LogP contribution in [-0.2, 0) is 6.42 Å². The zero-order valence-corrected chi connectivity index (χ0v) is 12.0. The van der Waals surface area contributed by atoms with Crippen molar-refractivity contribution in [1.29, 1.82) is 0 Å². The third kappa shape index (κ3) is 3.75. The third-order valence-corrected chi connectivity index (χ3v) is 4.38. The summed E-state index contributed by atoms with van der Waals surface area (Å²) >= 11 is 0. The van der Waals surface area contributed by atoms with Crippen LogP contribution in [0.1, 0.15) is 39.2 Å². The fourth-order valence-electron chi connectivity index (χ4n) is 2.24. The molecule has 2 rings (SSSR count). The highest BCUT2D eigenvalue weighted by atomic mass is 19.1. The Morgan fingerprint density at radius 3 is 2.53 bits per heavy atom. The summed E-state index contributed by atoms with van der Waals surface area (Å²) in [6.45, 7) is 7.38. The number of halogens is 2. The molecule has 1 unspecified atom stereocenters. The maximum absolute atomic E-state index is 13.8. The second kappa shape index (κ2) is 5.58. The first-order valence-corrected chi connectivity index (χ1v) is 7.08. The van der Waals surface area contributed by atoms with Crippen LogP contribution in [0.2, 0.25) is 0 Å². The van der Waals surface area contributed by atoms with Gasteiger partial charge in [0.25, 0.3) is 0 Å². The summed E-state index contributed by atoms with van der Waals surface area (Å²) in [5, 5.41) is 3.53. The molecule has 0 spiro atoms. The Hall–Kier alpha value is -0.960. The minimum absolute atomic E-state index is 0.0126. The number of hydrogen-bond donors (Lipinski definition) is 1. The first-order chi connectivity index (χ1) is 8.90. The number of benzene rings is 1. The molecule has 0 saturated heterocycles. The Kier molecular flexibility index (Phi) is 4.24. The van der Waals surface area contributed by atoms with Gasteiger partial charge in [0.1, 0.15) is 11.6 Å². The molecule has 1 aromatic rings.